The monoisotopic (exact) mass is 194 g/mol. The zero-order valence-corrected chi connectivity index (χ0v) is 8.18. The molecule has 0 spiro atoms. The maximum atomic E-state index is 11.6. The number of hydrogen-bond acceptors (Lipinski definition) is 3. The van der Waals surface area contributed by atoms with Gasteiger partial charge in [-0.05, 0) is 12.8 Å². The van der Waals surface area contributed by atoms with Crippen LogP contribution in [0.15, 0.2) is 12.4 Å². The van der Waals surface area contributed by atoms with Gasteiger partial charge in [0.05, 0.1) is 11.9 Å². The number of anilines is 1. The van der Waals surface area contributed by atoms with E-state index >= 15 is 0 Å². The van der Waals surface area contributed by atoms with Gasteiger partial charge in [0.25, 0.3) is 0 Å². The number of hydrogen-bond donors (Lipinski definition) is 1. The molecule has 0 atom stereocenters. The maximum absolute atomic E-state index is 11.6. The first-order valence-electron chi connectivity index (χ1n) is 4.70. The second kappa shape index (κ2) is 3.32. The SMILES string of the molecule is CN(C(=O)Cn1cc(N)cn1)C1CC1. The summed E-state index contributed by atoms with van der Waals surface area (Å²) in [4.78, 5) is 13.4. The third kappa shape index (κ3) is 1.86. The van der Waals surface area contributed by atoms with Crippen molar-refractivity contribution in [3.63, 3.8) is 0 Å². The first kappa shape index (κ1) is 9.05. The molecule has 0 unspecified atom stereocenters. The summed E-state index contributed by atoms with van der Waals surface area (Å²) in [6.07, 6.45) is 5.47. The van der Waals surface area contributed by atoms with Gasteiger partial charge in [-0.3, -0.25) is 9.48 Å². The highest BCUT2D eigenvalue weighted by Gasteiger charge is 2.29. The normalized spacial score (nSPS) is 15.5. The Labute approximate surface area is 82.5 Å². The van der Waals surface area contributed by atoms with Crippen molar-refractivity contribution in [3.8, 4) is 0 Å². The molecule has 2 rings (SSSR count). The lowest BCUT2D eigenvalue weighted by Gasteiger charge is -2.15. The Morgan fingerprint density at radius 3 is 3.00 bits per heavy atom. The van der Waals surface area contributed by atoms with Crippen LogP contribution in [0, 0.1) is 0 Å². The van der Waals surface area contributed by atoms with E-state index in [-0.39, 0.29) is 12.5 Å². The van der Waals surface area contributed by atoms with Gasteiger partial charge in [0.15, 0.2) is 0 Å². The molecule has 14 heavy (non-hydrogen) atoms. The highest BCUT2D eigenvalue weighted by atomic mass is 16.2. The molecule has 2 N–H and O–H groups in total. The molecule has 0 aromatic carbocycles. The molecule has 0 saturated heterocycles. The number of carbonyl (C=O) groups is 1. The van der Waals surface area contributed by atoms with Gasteiger partial charge in [-0.15, -0.1) is 0 Å². The van der Waals surface area contributed by atoms with Crippen LogP contribution in [0.3, 0.4) is 0 Å². The van der Waals surface area contributed by atoms with E-state index in [0.717, 1.165) is 12.8 Å². The Morgan fingerprint density at radius 1 is 1.79 bits per heavy atom. The molecule has 1 aromatic heterocycles. The minimum atomic E-state index is 0.0931. The van der Waals surface area contributed by atoms with E-state index in [1.165, 1.54) is 0 Å². The van der Waals surface area contributed by atoms with Gasteiger partial charge in [0.2, 0.25) is 5.91 Å². The summed E-state index contributed by atoms with van der Waals surface area (Å²) < 4.78 is 1.57. The van der Waals surface area contributed by atoms with Crippen LogP contribution in [-0.4, -0.2) is 33.7 Å². The first-order chi connectivity index (χ1) is 6.66. The maximum Gasteiger partial charge on any atom is 0.244 e. The summed E-state index contributed by atoms with van der Waals surface area (Å²) in [6.45, 7) is 0.282. The van der Waals surface area contributed by atoms with Crippen molar-refractivity contribution in [2.75, 3.05) is 12.8 Å². The van der Waals surface area contributed by atoms with Crippen LogP contribution in [0.2, 0.25) is 0 Å². The zero-order chi connectivity index (χ0) is 10.1. The summed E-state index contributed by atoms with van der Waals surface area (Å²) in [5, 5.41) is 3.96. The van der Waals surface area contributed by atoms with Crippen LogP contribution in [0.1, 0.15) is 12.8 Å². The molecule has 1 aliphatic carbocycles. The minimum absolute atomic E-state index is 0.0931. The first-order valence-corrected chi connectivity index (χ1v) is 4.70. The Hall–Kier alpha value is -1.52. The molecular formula is C9H14N4O. The summed E-state index contributed by atoms with van der Waals surface area (Å²) >= 11 is 0. The summed E-state index contributed by atoms with van der Waals surface area (Å²) in [5.41, 5.74) is 6.08. The van der Waals surface area contributed by atoms with Crippen molar-refractivity contribution in [3.05, 3.63) is 12.4 Å². The molecule has 5 heteroatoms. The number of carbonyl (C=O) groups excluding carboxylic acids is 1. The summed E-state index contributed by atoms with van der Waals surface area (Å²) in [6, 6.07) is 0.454. The van der Waals surface area contributed by atoms with Gasteiger partial charge in [-0.25, -0.2) is 0 Å². The van der Waals surface area contributed by atoms with Gasteiger partial charge in [0, 0.05) is 19.3 Å². The fraction of sp³-hybridized carbons (Fsp3) is 0.556. The summed E-state index contributed by atoms with van der Waals surface area (Å²) in [7, 11) is 1.84. The van der Waals surface area contributed by atoms with E-state index in [1.54, 1.807) is 22.0 Å². The largest absolute Gasteiger partial charge is 0.396 e. The Morgan fingerprint density at radius 2 is 2.50 bits per heavy atom. The fourth-order valence-electron chi connectivity index (χ4n) is 1.38. The topological polar surface area (TPSA) is 64.2 Å². The van der Waals surface area contributed by atoms with E-state index < -0.39 is 0 Å². The highest BCUT2D eigenvalue weighted by Crippen LogP contribution is 2.25. The minimum Gasteiger partial charge on any atom is -0.396 e. The van der Waals surface area contributed by atoms with Gasteiger partial charge in [-0.1, -0.05) is 0 Å². The molecule has 1 aromatic rings. The number of nitrogens with two attached hydrogens (primary N) is 1. The van der Waals surface area contributed by atoms with Crippen LogP contribution in [-0.2, 0) is 11.3 Å². The smallest absolute Gasteiger partial charge is 0.244 e. The van der Waals surface area contributed by atoms with Crippen molar-refractivity contribution in [1.29, 1.82) is 0 Å². The summed E-state index contributed by atoms with van der Waals surface area (Å²) in [5.74, 6) is 0.0931. The van der Waals surface area contributed by atoms with Gasteiger partial charge < -0.3 is 10.6 Å². The Bertz CT molecular complexity index is 342. The van der Waals surface area contributed by atoms with Crippen molar-refractivity contribution in [2.24, 2.45) is 0 Å². The van der Waals surface area contributed by atoms with Crippen molar-refractivity contribution in [2.45, 2.75) is 25.4 Å². The number of aromatic nitrogens is 2. The molecule has 0 bridgehead atoms. The van der Waals surface area contributed by atoms with E-state index in [1.807, 2.05) is 7.05 Å². The second-order valence-corrected chi connectivity index (χ2v) is 3.71. The van der Waals surface area contributed by atoms with Crippen LogP contribution >= 0.6 is 0 Å². The van der Waals surface area contributed by atoms with Crippen LogP contribution in [0.4, 0.5) is 5.69 Å². The molecule has 1 saturated carbocycles. The van der Waals surface area contributed by atoms with E-state index in [4.69, 9.17) is 5.73 Å². The standard InChI is InChI=1S/C9H14N4O/c1-12(8-2-3-8)9(14)6-13-5-7(10)4-11-13/h4-5,8H,2-3,6,10H2,1H3. The number of amides is 1. The van der Waals surface area contributed by atoms with Gasteiger partial charge in [0.1, 0.15) is 6.54 Å². The van der Waals surface area contributed by atoms with E-state index in [2.05, 4.69) is 5.10 Å². The molecule has 1 amide bonds. The predicted octanol–water partition coefficient (Wildman–Crippen LogP) is 0.0861. The lowest BCUT2D eigenvalue weighted by Crippen LogP contribution is -2.32. The lowest BCUT2D eigenvalue weighted by molar-refractivity contribution is -0.131. The molecular weight excluding hydrogens is 180 g/mol. The Balaban J connectivity index is 1.93. The van der Waals surface area contributed by atoms with Crippen molar-refractivity contribution in [1.82, 2.24) is 14.7 Å². The molecule has 5 nitrogen and oxygen atoms in total. The molecule has 76 valence electrons. The Kier molecular flexibility index (Phi) is 2.15. The second-order valence-electron chi connectivity index (χ2n) is 3.71. The zero-order valence-electron chi connectivity index (χ0n) is 8.18. The average molecular weight is 194 g/mol. The van der Waals surface area contributed by atoms with Crippen LogP contribution in [0.5, 0.6) is 0 Å². The third-order valence-electron chi connectivity index (χ3n) is 2.44. The van der Waals surface area contributed by atoms with E-state index in [9.17, 15) is 4.79 Å². The molecule has 1 aliphatic rings. The fourth-order valence-corrected chi connectivity index (χ4v) is 1.38. The number of likely N-dealkylation sites (N-methyl/N-ethyl adjacent to an activating group) is 1. The molecule has 1 fully saturated rings. The van der Waals surface area contributed by atoms with Crippen molar-refractivity contribution >= 4 is 11.6 Å². The number of nitrogen functional groups attached to an aromatic ring is 1. The average Bonchev–Trinajstić information content (AvgIpc) is 2.91. The molecule has 0 radical (unpaired) electrons. The number of rotatable bonds is 3. The lowest BCUT2D eigenvalue weighted by atomic mass is 10.5. The molecule has 1 heterocycles. The van der Waals surface area contributed by atoms with Gasteiger partial charge in [-0.2, -0.15) is 5.10 Å². The highest BCUT2D eigenvalue weighted by molar-refractivity contribution is 5.76. The van der Waals surface area contributed by atoms with Gasteiger partial charge >= 0.3 is 0 Å². The van der Waals surface area contributed by atoms with E-state index in [0.29, 0.717) is 11.7 Å². The van der Waals surface area contributed by atoms with Crippen molar-refractivity contribution < 1.29 is 4.79 Å². The van der Waals surface area contributed by atoms with Crippen LogP contribution in [0.25, 0.3) is 0 Å². The third-order valence-corrected chi connectivity index (χ3v) is 2.44. The van der Waals surface area contributed by atoms with Crippen LogP contribution < -0.4 is 5.73 Å². The molecule has 0 aliphatic heterocycles. The number of nitrogens with zero attached hydrogens (tertiary/aromatic N) is 3. The predicted molar refractivity (Wildman–Crippen MR) is 52.4 cm³/mol. The quantitative estimate of drug-likeness (QED) is 0.741.